The van der Waals surface area contributed by atoms with Gasteiger partial charge in [0.15, 0.2) is 0 Å². The molecule has 0 radical (unpaired) electrons. The van der Waals surface area contributed by atoms with Crippen molar-refractivity contribution in [3.05, 3.63) is 12.3 Å². The molecule has 0 saturated heterocycles. The van der Waals surface area contributed by atoms with E-state index in [2.05, 4.69) is 34.5 Å². The minimum atomic E-state index is 0.793. The van der Waals surface area contributed by atoms with Crippen LogP contribution in [0, 0.1) is 0 Å². The van der Waals surface area contributed by atoms with Crippen molar-refractivity contribution in [2.45, 2.75) is 20.8 Å². The van der Waals surface area contributed by atoms with Crippen LogP contribution in [0.25, 0.3) is 0 Å². The van der Waals surface area contributed by atoms with Gasteiger partial charge in [-0.1, -0.05) is 6.58 Å². The van der Waals surface area contributed by atoms with E-state index in [9.17, 15) is 0 Å². The number of hydrogen-bond acceptors (Lipinski definition) is 2. The molecule has 0 aromatic carbocycles. The molecule has 0 N–H and O–H groups in total. The molecule has 0 saturated carbocycles. The van der Waals surface area contributed by atoms with Gasteiger partial charge in [-0.25, -0.2) is 4.74 Å². The Morgan fingerprint density at radius 3 is 1.60 bits per heavy atom. The molecule has 2 nitrogen and oxygen atoms in total. The standard InChI is InChI=1S/C3H8NP.C3H6NP/c2*1-3(2)4-5/h5H2,1-2H3;5H,1H2,2H3. The van der Waals surface area contributed by atoms with Crippen LogP contribution in [0.15, 0.2) is 21.8 Å². The first-order valence-corrected chi connectivity index (χ1v) is 3.75. The maximum Gasteiger partial charge on any atom is 0.0343 e. The molecule has 0 fully saturated rings. The van der Waals surface area contributed by atoms with Crippen LogP contribution in [0.2, 0.25) is 0 Å². The van der Waals surface area contributed by atoms with E-state index in [1.165, 1.54) is 0 Å². The first-order chi connectivity index (χ1) is 4.54. The maximum absolute atomic E-state index is 3.72. The summed E-state index contributed by atoms with van der Waals surface area (Å²) < 4.78 is 7.22. The summed E-state index contributed by atoms with van der Waals surface area (Å²) in [5.74, 6) is 0. The maximum atomic E-state index is 3.72. The Labute approximate surface area is 67.4 Å². The molecule has 4 heteroatoms. The van der Waals surface area contributed by atoms with E-state index < -0.39 is 0 Å². The third-order valence-corrected chi connectivity index (χ3v) is 1.35. The number of nitrogens with zero attached hydrogens (tertiary/aromatic N) is 2. The van der Waals surface area contributed by atoms with Gasteiger partial charge < -0.3 is 0 Å². The van der Waals surface area contributed by atoms with E-state index in [0.29, 0.717) is 0 Å². The van der Waals surface area contributed by atoms with Crippen molar-refractivity contribution in [2.75, 3.05) is 0 Å². The summed E-state index contributed by atoms with van der Waals surface area (Å²) in [6.07, 6.45) is 0. The van der Waals surface area contributed by atoms with Crippen molar-refractivity contribution in [3.63, 3.8) is 0 Å². The Morgan fingerprint density at radius 2 is 1.60 bits per heavy atom. The second-order valence-electron chi connectivity index (χ2n) is 1.92. The number of rotatable bonds is 1. The van der Waals surface area contributed by atoms with E-state index in [1.807, 2.05) is 20.8 Å². The van der Waals surface area contributed by atoms with Gasteiger partial charge in [0.25, 0.3) is 0 Å². The Bertz CT molecular complexity index is 137. The summed E-state index contributed by atoms with van der Waals surface area (Å²) in [6, 6.07) is 0. The molecule has 0 amide bonds. The van der Waals surface area contributed by atoms with Crippen LogP contribution in [0.1, 0.15) is 20.8 Å². The van der Waals surface area contributed by atoms with Crippen molar-refractivity contribution >= 4 is 24.1 Å². The van der Waals surface area contributed by atoms with Crippen LogP contribution < -0.4 is 0 Å². The SMILES string of the molecule is C=C(C)N=P.CC(C)=NP. The Balaban J connectivity index is 0. The molecule has 58 valence electrons. The Kier molecular flexibility index (Phi) is 11.3. The van der Waals surface area contributed by atoms with Gasteiger partial charge in [0.05, 0.1) is 0 Å². The zero-order valence-corrected chi connectivity index (χ0v) is 8.83. The normalized spacial score (nSPS) is 6.80. The molecule has 0 bridgehead atoms. The van der Waals surface area contributed by atoms with E-state index in [0.717, 1.165) is 11.4 Å². The third kappa shape index (κ3) is 24.6. The fraction of sp³-hybridized carbons (Fsp3) is 0.500. The minimum Gasteiger partial charge on any atom is -0.278 e. The van der Waals surface area contributed by atoms with Crippen LogP contribution in [0.4, 0.5) is 0 Å². The molecule has 1 unspecified atom stereocenters. The molecule has 0 spiro atoms. The molecule has 0 aliphatic carbocycles. The van der Waals surface area contributed by atoms with Gasteiger partial charge >= 0.3 is 0 Å². The monoisotopic (exact) mass is 176 g/mol. The van der Waals surface area contributed by atoms with Gasteiger partial charge in [-0.2, -0.15) is 0 Å². The summed E-state index contributed by atoms with van der Waals surface area (Å²) in [5, 5.41) is 0. The summed E-state index contributed by atoms with van der Waals surface area (Å²) in [7, 11) is 5.16. The molecule has 0 rings (SSSR count). The minimum absolute atomic E-state index is 0.793. The smallest absolute Gasteiger partial charge is 0.0343 e. The highest BCUT2D eigenvalue weighted by Gasteiger charge is 1.62. The first kappa shape index (κ1) is 12.6. The highest BCUT2D eigenvalue weighted by Crippen LogP contribution is 1.87. The quantitative estimate of drug-likeness (QED) is 0.433. The van der Waals surface area contributed by atoms with Crippen LogP contribution in [-0.2, 0) is 0 Å². The second kappa shape index (κ2) is 8.94. The average molecular weight is 176 g/mol. The van der Waals surface area contributed by atoms with E-state index in [-0.39, 0.29) is 0 Å². The van der Waals surface area contributed by atoms with E-state index in [4.69, 9.17) is 0 Å². The zero-order valence-electron chi connectivity index (χ0n) is 6.68. The molecule has 1 atom stereocenters. The van der Waals surface area contributed by atoms with Crippen LogP contribution >= 0.6 is 18.4 Å². The lowest BCUT2D eigenvalue weighted by molar-refractivity contribution is 1.37. The predicted octanol–water partition coefficient (Wildman–Crippen LogP) is 3.10. The van der Waals surface area contributed by atoms with Crippen LogP contribution in [0.3, 0.4) is 0 Å². The highest BCUT2D eigenvalue weighted by atomic mass is 31.0. The average Bonchev–Trinajstić information content (AvgIpc) is 1.89. The topological polar surface area (TPSA) is 24.7 Å². The molecule has 0 aromatic heterocycles. The fourth-order valence-corrected chi connectivity index (χ4v) is 0. The van der Waals surface area contributed by atoms with Crippen molar-refractivity contribution < 1.29 is 0 Å². The predicted molar refractivity (Wildman–Crippen MR) is 54.1 cm³/mol. The van der Waals surface area contributed by atoms with Crippen LogP contribution in [0.5, 0.6) is 0 Å². The van der Waals surface area contributed by atoms with Gasteiger partial charge in [-0.3, -0.25) is 4.76 Å². The van der Waals surface area contributed by atoms with Crippen LogP contribution in [-0.4, -0.2) is 5.71 Å². The summed E-state index contributed by atoms with van der Waals surface area (Å²) >= 11 is 0. The largest absolute Gasteiger partial charge is 0.278 e. The summed E-state index contributed by atoms with van der Waals surface area (Å²) in [5.41, 5.74) is 1.89. The van der Waals surface area contributed by atoms with Crippen molar-refractivity contribution in [1.29, 1.82) is 0 Å². The lowest BCUT2D eigenvalue weighted by atomic mass is 10.5. The van der Waals surface area contributed by atoms with Gasteiger partial charge in [-0.15, -0.1) is 0 Å². The molecule has 0 aliphatic rings. The van der Waals surface area contributed by atoms with Gasteiger partial charge in [0, 0.05) is 11.4 Å². The number of hydrogen-bond donors (Lipinski definition) is 0. The second-order valence-corrected chi connectivity index (χ2v) is 2.41. The summed E-state index contributed by atoms with van der Waals surface area (Å²) in [6.45, 7) is 9.17. The van der Waals surface area contributed by atoms with Crippen molar-refractivity contribution in [3.8, 4) is 0 Å². The number of allylic oxidation sites excluding steroid dienone is 1. The Hall–Kier alpha value is -0.0600. The molecule has 10 heavy (non-hydrogen) atoms. The third-order valence-electron chi connectivity index (χ3n) is 0.449. The van der Waals surface area contributed by atoms with Gasteiger partial charge in [0.2, 0.25) is 0 Å². The lowest BCUT2D eigenvalue weighted by Crippen LogP contribution is -1.70. The molecular weight excluding hydrogens is 162 g/mol. The molecule has 0 aromatic rings. The van der Waals surface area contributed by atoms with Gasteiger partial charge in [0.1, 0.15) is 0 Å². The fourth-order valence-electron chi connectivity index (χ4n) is 0. The van der Waals surface area contributed by atoms with Crippen molar-refractivity contribution in [1.82, 2.24) is 0 Å². The van der Waals surface area contributed by atoms with Gasteiger partial charge in [-0.05, 0) is 39.2 Å². The summed E-state index contributed by atoms with van der Waals surface area (Å²) in [4.78, 5) is 0. The first-order valence-electron chi connectivity index (χ1n) is 2.78. The molecule has 0 heterocycles. The lowest BCUT2D eigenvalue weighted by Gasteiger charge is -1.73. The molecule has 0 aliphatic heterocycles. The van der Waals surface area contributed by atoms with E-state index in [1.54, 1.807) is 0 Å². The molecular formula is C6H14N2P2. The zero-order chi connectivity index (χ0) is 8.57. The Morgan fingerprint density at radius 1 is 1.40 bits per heavy atom. The van der Waals surface area contributed by atoms with E-state index >= 15 is 0 Å². The van der Waals surface area contributed by atoms with Crippen molar-refractivity contribution in [2.24, 2.45) is 9.51 Å². The highest BCUT2D eigenvalue weighted by molar-refractivity contribution is 7.15.